The van der Waals surface area contributed by atoms with Gasteiger partial charge in [-0.15, -0.1) is 0 Å². The fourth-order valence-electron chi connectivity index (χ4n) is 1.01. The molecule has 0 aliphatic carbocycles. The molecule has 0 aliphatic heterocycles. The Hall–Kier alpha value is -1.64. The Morgan fingerprint density at radius 1 is 1.36 bits per heavy atom. The number of esters is 1. The van der Waals surface area contributed by atoms with Crippen molar-refractivity contribution < 1.29 is 9.53 Å². The lowest BCUT2D eigenvalue weighted by Crippen LogP contribution is -2.08. The normalized spacial score (nSPS) is 9.50. The van der Waals surface area contributed by atoms with Crippen molar-refractivity contribution in [3.63, 3.8) is 0 Å². The zero-order valence-electron chi connectivity index (χ0n) is 8.12. The van der Waals surface area contributed by atoms with Crippen LogP contribution in [0.1, 0.15) is 18.9 Å². The number of hydrogen-bond donors (Lipinski definition) is 1. The van der Waals surface area contributed by atoms with Crippen LogP contribution in [0.2, 0.25) is 0 Å². The highest BCUT2D eigenvalue weighted by Crippen LogP contribution is 2.01. The van der Waals surface area contributed by atoms with Gasteiger partial charge < -0.3 is 10.1 Å². The minimum Gasteiger partial charge on any atom is -0.461 e. The summed E-state index contributed by atoms with van der Waals surface area (Å²) in [5.41, 5.74) is 1.28. The molecule has 3 nitrogen and oxygen atoms in total. The van der Waals surface area contributed by atoms with E-state index in [1.165, 1.54) is 0 Å². The number of carbonyl (C=O) groups is 1. The first-order valence-electron chi connectivity index (χ1n) is 4.42. The highest BCUT2D eigenvalue weighted by atomic mass is 16.5. The number of rotatable bonds is 4. The second-order valence-electron chi connectivity index (χ2n) is 3.10. The number of ether oxygens (including phenoxy) is 1. The third-order valence-corrected chi connectivity index (χ3v) is 1.65. The molecule has 0 heterocycles. The number of benzene rings is 1. The van der Waals surface area contributed by atoms with Gasteiger partial charge in [0, 0.05) is 5.71 Å². The van der Waals surface area contributed by atoms with Gasteiger partial charge in [-0.1, -0.05) is 30.3 Å². The van der Waals surface area contributed by atoms with E-state index >= 15 is 0 Å². The standard InChI is InChI=1S/C11H13NO2/c1-9(12)7-11(13)14-8-10-5-3-2-4-6-10/h2-6,12H,7-8H2,1H3. The average molecular weight is 191 g/mol. The van der Waals surface area contributed by atoms with Gasteiger partial charge in [-0.2, -0.15) is 0 Å². The van der Waals surface area contributed by atoms with E-state index in [4.69, 9.17) is 10.1 Å². The third-order valence-electron chi connectivity index (χ3n) is 1.65. The maximum absolute atomic E-state index is 11.1. The molecule has 1 rings (SSSR count). The zero-order chi connectivity index (χ0) is 10.4. The van der Waals surface area contributed by atoms with Crippen LogP contribution in [-0.4, -0.2) is 11.7 Å². The summed E-state index contributed by atoms with van der Waals surface area (Å²) in [6, 6.07) is 9.48. The molecule has 0 spiro atoms. The summed E-state index contributed by atoms with van der Waals surface area (Å²) in [7, 11) is 0. The predicted octanol–water partition coefficient (Wildman–Crippen LogP) is 2.16. The van der Waals surface area contributed by atoms with Gasteiger partial charge in [0.15, 0.2) is 0 Å². The maximum atomic E-state index is 11.1. The lowest BCUT2D eigenvalue weighted by Gasteiger charge is -2.03. The van der Waals surface area contributed by atoms with Crippen LogP contribution in [-0.2, 0) is 16.1 Å². The molecule has 1 aromatic rings. The molecular formula is C11H13NO2. The van der Waals surface area contributed by atoms with Crippen LogP contribution >= 0.6 is 0 Å². The van der Waals surface area contributed by atoms with Crippen molar-refractivity contribution in [3.8, 4) is 0 Å². The predicted molar refractivity (Wildman–Crippen MR) is 54.3 cm³/mol. The van der Waals surface area contributed by atoms with Gasteiger partial charge in [-0.25, -0.2) is 0 Å². The molecule has 0 aliphatic rings. The van der Waals surface area contributed by atoms with Crippen molar-refractivity contribution in [1.82, 2.24) is 0 Å². The van der Waals surface area contributed by atoms with Crippen LogP contribution in [0.15, 0.2) is 30.3 Å². The van der Waals surface area contributed by atoms with E-state index < -0.39 is 0 Å². The molecule has 0 aromatic heterocycles. The Bertz CT molecular complexity index is 319. The molecule has 0 amide bonds. The van der Waals surface area contributed by atoms with E-state index in [0.717, 1.165) is 5.56 Å². The number of carbonyl (C=O) groups excluding carboxylic acids is 1. The van der Waals surface area contributed by atoms with Crippen molar-refractivity contribution in [1.29, 1.82) is 5.41 Å². The van der Waals surface area contributed by atoms with Crippen molar-refractivity contribution in [2.45, 2.75) is 20.0 Å². The lowest BCUT2D eigenvalue weighted by molar-refractivity contribution is -0.143. The summed E-state index contributed by atoms with van der Waals surface area (Å²) in [5.74, 6) is -0.346. The molecule has 0 saturated heterocycles. The van der Waals surface area contributed by atoms with Gasteiger partial charge >= 0.3 is 5.97 Å². The van der Waals surface area contributed by atoms with Crippen molar-refractivity contribution >= 4 is 11.7 Å². The first kappa shape index (κ1) is 10.4. The van der Waals surface area contributed by atoms with Gasteiger partial charge in [0.2, 0.25) is 0 Å². The van der Waals surface area contributed by atoms with E-state index in [-0.39, 0.29) is 19.0 Å². The highest BCUT2D eigenvalue weighted by molar-refractivity contribution is 5.95. The largest absolute Gasteiger partial charge is 0.461 e. The molecule has 0 radical (unpaired) electrons. The summed E-state index contributed by atoms with van der Waals surface area (Å²) < 4.78 is 4.96. The van der Waals surface area contributed by atoms with E-state index in [1.807, 2.05) is 30.3 Å². The SMILES string of the molecule is CC(=N)CC(=O)OCc1ccccc1. The third kappa shape index (κ3) is 3.85. The van der Waals surface area contributed by atoms with Gasteiger partial charge in [-0.3, -0.25) is 4.79 Å². The van der Waals surface area contributed by atoms with Gasteiger partial charge in [0.1, 0.15) is 6.61 Å². The minimum atomic E-state index is -0.346. The quantitative estimate of drug-likeness (QED) is 0.585. The molecule has 3 heteroatoms. The van der Waals surface area contributed by atoms with Crippen molar-refractivity contribution in [2.24, 2.45) is 0 Å². The van der Waals surface area contributed by atoms with E-state index in [9.17, 15) is 4.79 Å². The molecule has 0 atom stereocenters. The summed E-state index contributed by atoms with van der Waals surface area (Å²) in [5, 5.41) is 7.11. The van der Waals surface area contributed by atoms with Crippen LogP contribution in [0, 0.1) is 5.41 Å². The summed E-state index contributed by atoms with van der Waals surface area (Å²) in [4.78, 5) is 11.1. The summed E-state index contributed by atoms with van der Waals surface area (Å²) >= 11 is 0. The average Bonchev–Trinajstić information content (AvgIpc) is 2.15. The van der Waals surface area contributed by atoms with Crippen LogP contribution in [0.4, 0.5) is 0 Å². The van der Waals surface area contributed by atoms with Crippen LogP contribution in [0.5, 0.6) is 0 Å². The molecule has 0 unspecified atom stereocenters. The van der Waals surface area contributed by atoms with E-state index in [0.29, 0.717) is 5.71 Å². The van der Waals surface area contributed by atoms with Crippen LogP contribution in [0.3, 0.4) is 0 Å². The van der Waals surface area contributed by atoms with Crippen molar-refractivity contribution in [2.75, 3.05) is 0 Å². The second-order valence-corrected chi connectivity index (χ2v) is 3.10. The molecule has 14 heavy (non-hydrogen) atoms. The Kier molecular flexibility index (Phi) is 3.85. The molecule has 74 valence electrons. The second kappa shape index (κ2) is 5.17. The fraction of sp³-hybridized carbons (Fsp3) is 0.273. The molecule has 0 fully saturated rings. The van der Waals surface area contributed by atoms with Gasteiger partial charge in [0.25, 0.3) is 0 Å². The number of hydrogen-bond acceptors (Lipinski definition) is 3. The fourth-order valence-corrected chi connectivity index (χ4v) is 1.01. The van der Waals surface area contributed by atoms with E-state index in [1.54, 1.807) is 6.92 Å². The van der Waals surface area contributed by atoms with Crippen molar-refractivity contribution in [3.05, 3.63) is 35.9 Å². The Balaban J connectivity index is 2.34. The Morgan fingerprint density at radius 3 is 2.57 bits per heavy atom. The summed E-state index contributed by atoms with van der Waals surface area (Å²) in [6.45, 7) is 1.87. The zero-order valence-corrected chi connectivity index (χ0v) is 8.12. The monoisotopic (exact) mass is 191 g/mol. The topological polar surface area (TPSA) is 50.2 Å². The molecular weight excluding hydrogens is 178 g/mol. The van der Waals surface area contributed by atoms with Crippen LogP contribution in [0.25, 0.3) is 0 Å². The van der Waals surface area contributed by atoms with Gasteiger partial charge in [0.05, 0.1) is 6.42 Å². The Morgan fingerprint density at radius 2 is 2.00 bits per heavy atom. The summed E-state index contributed by atoms with van der Waals surface area (Å²) in [6.07, 6.45) is 0.0762. The highest BCUT2D eigenvalue weighted by Gasteiger charge is 2.03. The smallest absolute Gasteiger partial charge is 0.311 e. The van der Waals surface area contributed by atoms with Crippen LogP contribution < -0.4 is 0 Å². The van der Waals surface area contributed by atoms with E-state index in [2.05, 4.69) is 0 Å². The lowest BCUT2D eigenvalue weighted by atomic mass is 10.2. The molecule has 0 bridgehead atoms. The number of nitrogens with one attached hydrogen (secondary N) is 1. The van der Waals surface area contributed by atoms with Gasteiger partial charge in [-0.05, 0) is 12.5 Å². The molecule has 1 N–H and O–H groups in total. The minimum absolute atomic E-state index is 0.0762. The Labute approximate surface area is 83.2 Å². The molecule has 0 saturated carbocycles. The first-order valence-corrected chi connectivity index (χ1v) is 4.42. The maximum Gasteiger partial charge on any atom is 0.311 e. The first-order chi connectivity index (χ1) is 6.68. The molecule has 1 aromatic carbocycles.